The number of rotatable bonds is 7. The van der Waals surface area contributed by atoms with E-state index in [9.17, 15) is 14.7 Å². The molecule has 1 fully saturated rings. The van der Waals surface area contributed by atoms with Crippen LogP contribution in [0.15, 0.2) is 30.3 Å². The van der Waals surface area contributed by atoms with Crippen LogP contribution in [0.1, 0.15) is 44.1 Å². The van der Waals surface area contributed by atoms with E-state index in [-0.39, 0.29) is 5.91 Å². The van der Waals surface area contributed by atoms with Crippen LogP contribution in [0.4, 0.5) is 0 Å². The average molecular weight is 302 g/mol. The van der Waals surface area contributed by atoms with Gasteiger partial charge in [0.05, 0.1) is 0 Å². The van der Waals surface area contributed by atoms with Gasteiger partial charge in [0.25, 0.3) is 0 Å². The van der Waals surface area contributed by atoms with Crippen molar-refractivity contribution in [3.05, 3.63) is 35.9 Å². The number of aliphatic carboxylic acids is 1. The predicted octanol–water partition coefficient (Wildman–Crippen LogP) is 1.68. The van der Waals surface area contributed by atoms with Gasteiger partial charge < -0.3 is 15.2 Å². The molecule has 1 aliphatic carbocycles. The standard InChI is InChI=1S/C18H25NO3/c20-17(15-11-4-5-12-16(15)18(21)22)19-13-7-6-10-14-8-2-1-3-9-14/h1-3,8-9,15-16H,4-7,10-13H2,(H,19,20)(H,21,22)/p-1/t15-,16+/m0/s1. The molecule has 0 bridgehead atoms. The van der Waals surface area contributed by atoms with E-state index in [1.807, 2.05) is 18.2 Å². The first kappa shape index (κ1) is 16.5. The van der Waals surface area contributed by atoms with Crippen LogP contribution < -0.4 is 10.4 Å². The summed E-state index contributed by atoms with van der Waals surface area (Å²) in [5.41, 5.74) is 1.30. The first-order valence-electron chi connectivity index (χ1n) is 8.21. The van der Waals surface area contributed by atoms with E-state index in [2.05, 4.69) is 17.4 Å². The molecule has 4 heteroatoms. The van der Waals surface area contributed by atoms with Gasteiger partial charge in [0, 0.05) is 24.3 Å². The topological polar surface area (TPSA) is 69.2 Å². The number of hydrogen-bond acceptors (Lipinski definition) is 3. The van der Waals surface area contributed by atoms with Crippen molar-refractivity contribution in [3.63, 3.8) is 0 Å². The van der Waals surface area contributed by atoms with Gasteiger partial charge in [-0.2, -0.15) is 0 Å². The summed E-state index contributed by atoms with van der Waals surface area (Å²) in [7, 11) is 0. The van der Waals surface area contributed by atoms with E-state index in [0.717, 1.165) is 32.1 Å². The van der Waals surface area contributed by atoms with Gasteiger partial charge in [-0.3, -0.25) is 4.79 Å². The van der Waals surface area contributed by atoms with Crippen LogP contribution >= 0.6 is 0 Å². The van der Waals surface area contributed by atoms with Crippen LogP contribution in [-0.4, -0.2) is 18.4 Å². The van der Waals surface area contributed by atoms with Gasteiger partial charge in [-0.15, -0.1) is 0 Å². The van der Waals surface area contributed by atoms with Crippen LogP contribution in [0.2, 0.25) is 0 Å². The molecule has 0 aliphatic heterocycles. The van der Waals surface area contributed by atoms with E-state index in [1.165, 1.54) is 5.56 Å². The molecule has 0 aromatic heterocycles. The van der Waals surface area contributed by atoms with Crippen molar-refractivity contribution in [1.82, 2.24) is 5.32 Å². The molecule has 0 radical (unpaired) electrons. The molecule has 22 heavy (non-hydrogen) atoms. The second kappa shape index (κ2) is 8.57. The molecule has 0 saturated heterocycles. The third-order valence-corrected chi connectivity index (χ3v) is 4.44. The van der Waals surface area contributed by atoms with Crippen molar-refractivity contribution in [3.8, 4) is 0 Å². The molecule has 0 heterocycles. The smallest absolute Gasteiger partial charge is 0.223 e. The van der Waals surface area contributed by atoms with Crippen molar-refractivity contribution in [2.24, 2.45) is 11.8 Å². The molecule has 0 spiro atoms. The minimum Gasteiger partial charge on any atom is -0.550 e. The number of amides is 1. The van der Waals surface area contributed by atoms with Crippen LogP contribution in [-0.2, 0) is 16.0 Å². The summed E-state index contributed by atoms with van der Waals surface area (Å²) in [6.07, 6.45) is 5.95. The summed E-state index contributed by atoms with van der Waals surface area (Å²) < 4.78 is 0. The van der Waals surface area contributed by atoms with Gasteiger partial charge in [0.15, 0.2) is 0 Å². The number of carboxylic acids is 1. The molecular weight excluding hydrogens is 278 g/mol. The Morgan fingerprint density at radius 3 is 2.41 bits per heavy atom. The first-order valence-corrected chi connectivity index (χ1v) is 8.21. The summed E-state index contributed by atoms with van der Waals surface area (Å²) in [5, 5.41) is 14.0. The largest absolute Gasteiger partial charge is 0.550 e. The molecule has 1 N–H and O–H groups in total. The van der Waals surface area contributed by atoms with E-state index >= 15 is 0 Å². The minimum absolute atomic E-state index is 0.117. The van der Waals surface area contributed by atoms with Gasteiger partial charge in [0.2, 0.25) is 5.91 Å². The summed E-state index contributed by atoms with van der Waals surface area (Å²) in [4.78, 5) is 23.3. The van der Waals surface area contributed by atoms with Crippen LogP contribution in [0, 0.1) is 11.8 Å². The molecule has 1 aromatic carbocycles. The van der Waals surface area contributed by atoms with Gasteiger partial charge >= 0.3 is 0 Å². The number of carbonyl (C=O) groups is 2. The number of nitrogens with one attached hydrogen (secondary N) is 1. The Bertz CT molecular complexity index is 486. The monoisotopic (exact) mass is 302 g/mol. The molecule has 4 nitrogen and oxygen atoms in total. The Hall–Kier alpha value is -1.84. The van der Waals surface area contributed by atoms with Crippen molar-refractivity contribution in [1.29, 1.82) is 0 Å². The average Bonchev–Trinajstić information content (AvgIpc) is 2.55. The maximum absolute atomic E-state index is 12.1. The number of aryl methyl sites for hydroxylation is 1. The van der Waals surface area contributed by atoms with Crippen molar-refractivity contribution < 1.29 is 14.7 Å². The first-order chi connectivity index (χ1) is 10.7. The Labute approximate surface area is 131 Å². The number of hydrogen-bond donors (Lipinski definition) is 1. The highest BCUT2D eigenvalue weighted by molar-refractivity contribution is 5.84. The Balaban J connectivity index is 1.67. The zero-order valence-electron chi connectivity index (χ0n) is 12.9. The lowest BCUT2D eigenvalue weighted by Crippen LogP contribution is -2.44. The normalized spacial score (nSPS) is 21.3. The molecule has 1 saturated carbocycles. The highest BCUT2D eigenvalue weighted by Gasteiger charge is 2.31. The highest BCUT2D eigenvalue weighted by Crippen LogP contribution is 2.29. The van der Waals surface area contributed by atoms with Gasteiger partial charge in [-0.25, -0.2) is 0 Å². The molecule has 1 aliphatic rings. The molecule has 2 atom stereocenters. The molecule has 1 amide bonds. The summed E-state index contributed by atoms with van der Waals surface area (Å²) in [5.74, 6) is -2.22. The second-order valence-corrected chi connectivity index (χ2v) is 6.05. The zero-order chi connectivity index (χ0) is 15.8. The number of benzene rings is 1. The third kappa shape index (κ3) is 4.86. The molecule has 1 aromatic rings. The van der Waals surface area contributed by atoms with Gasteiger partial charge in [-0.05, 0) is 37.7 Å². The fraction of sp³-hybridized carbons (Fsp3) is 0.556. The lowest BCUT2D eigenvalue weighted by molar-refractivity contribution is -0.314. The molecule has 0 unspecified atom stereocenters. The van der Waals surface area contributed by atoms with Crippen LogP contribution in [0.3, 0.4) is 0 Å². The minimum atomic E-state index is -1.08. The third-order valence-electron chi connectivity index (χ3n) is 4.44. The van der Waals surface area contributed by atoms with Crippen LogP contribution in [0.25, 0.3) is 0 Å². The summed E-state index contributed by atoms with van der Waals surface area (Å²) in [6, 6.07) is 10.3. The summed E-state index contributed by atoms with van der Waals surface area (Å²) >= 11 is 0. The molecule has 2 rings (SSSR count). The Kier molecular flexibility index (Phi) is 6.44. The number of carboxylic acid groups (broad SMARTS) is 1. The van der Waals surface area contributed by atoms with Crippen molar-refractivity contribution in [2.75, 3.05) is 6.54 Å². The SMILES string of the molecule is O=C(NCCCCc1ccccc1)[C@H]1CCCC[C@H]1C(=O)[O-]. The van der Waals surface area contributed by atoms with Crippen molar-refractivity contribution >= 4 is 11.9 Å². The van der Waals surface area contributed by atoms with E-state index in [1.54, 1.807) is 0 Å². The zero-order valence-corrected chi connectivity index (χ0v) is 12.9. The van der Waals surface area contributed by atoms with Crippen molar-refractivity contribution in [2.45, 2.75) is 44.9 Å². The molecule has 120 valence electrons. The fourth-order valence-electron chi connectivity index (χ4n) is 3.17. The van der Waals surface area contributed by atoms with E-state index < -0.39 is 17.8 Å². The van der Waals surface area contributed by atoms with Crippen LogP contribution in [0.5, 0.6) is 0 Å². The van der Waals surface area contributed by atoms with E-state index in [4.69, 9.17) is 0 Å². The molecular formula is C18H24NO3-. The Morgan fingerprint density at radius 1 is 1.05 bits per heavy atom. The predicted molar refractivity (Wildman–Crippen MR) is 82.8 cm³/mol. The number of carbonyl (C=O) groups excluding carboxylic acids is 2. The number of unbranched alkanes of at least 4 members (excludes halogenated alkanes) is 1. The van der Waals surface area contributed by atoms with Gasteiger partial charge in [0.1, 0.15) is 0 Å². The lowest BCUT2D eigenvalue weighted by atomic mass is 9.78. The fourth-order valence-corrected chi connectivity index (χ4v) is 3.17. The highest BCUT2D eigenvalue weighted by atomic mass is 16.4. The lowest BCUT2D eigenvalue weighted by Gasteiger charge is -2.31. The van der Waals surface area contributed by atoms with E-state index in [0.29, 0.717) is 19.4 Å². The van der Waals surface area contributed by atoms with Gasteiger partial charge in [-0.1, -0.05) is 43.2 Å². The second-order valence-electron chi connectivity index (χ2n) is 6.05. The quantitative estimate of drug-likeness (QED) is 0.779. The Morgan fingerprint density at radius 2 is 1.73 bits per heavy atom. The maximum atomic E-state index is 12.1. The summed E-state index contributed by atoms with van der Waals surface area (Å²) in [6.45, 7) is 0.613. The maximum Gasteiger partial charge on any atom is 0.223 e.